The van der Waals surface area contributed by atoms with Crippen LogP contribution in [0, 0.1) is 0 Å². The van der Waals surface area contributed by atoms with E-state index in [0.717, 1.165) is 11.7 Å². The number of hydrogen-bond donors (Lipinski definition) is 0. The lowest BCUT2D eigenvalue weighted by Gasteiger charge is -2.14. The third kappa shape index (κ3) is 2.11. The first-order chi connectivity index (χ1) is 8.67. The van der Waals surface area contributed by atoms with E-state index in [-0.39, 0.29) is 12.5 Å². The number of fused-ring (bicyclic) bond motifs is 1. The molecule has 2 heterocycles. The summed E-state index contributed by atoms with van der Waals surface area (Å²) >= 11 is 0. The van der Waals surface area contributed by atoms with Gasteiger partial charge in [-0.05, 0) is 19.1 Å². The number of hydrogen-bond acceptors (Lipinski definition) is 3. The van der Waals surface area contributed by atoms with Crippen LogP contribution in [0.2, 0.25) is 0 Å². The number of likely N-dealkylation sites (N-methyl/N-ethyl adjacent to an activating group) is 1. The van der Waals surface area contributed by atoms with Crippen LogP contribution in [0.1, 0.15) is 17.3 Å². The molecule has 2 rings (SSSR count). The van der Waals surface area contributed by atoms with Gasteiger partial charge in [0.15, 0.2) is 6.29 Å². The van der Waals surface area contributed by atoms with Gasteiger partial charge in [-0.15, -0.1) is 0 Å². The van der Waals surface area contributed by atoms with Gasteiger partial charge in [0.1, 0.15) is 12.2 Å². The molecule has 0 atom stereocenters. The van der Waals surface area contributed by atoms with Crippen LogP contribution >= 0.6 is 0 Å². The van der Waals surface area contributed by atoms with Crippen molar-refractivity contribution in [2.75, 3.05) is 13.6 Å². The molecule has 5 heteroatoms. The van der Waals surface area contributed by atoms with Crippen molar-refractivity contribution in [1.29, 1.82) is 0 Å². The topological polar surface area (TPSA) is 55.2 Å². The number of nitrogens with zero attached hydrogens (tertiary/aromatic N) is 3. The smallest absolute Gasteiger partial charge is 0.242 e. The van der Waals surface area contributed by atoms with Crippen molar-refractivity contribution >= 4 is 23.2 Å². The van der Waals surface area contributed by atoms with Gasteiger partial charge in [0, 0.05) is 36.9 Å². The maximum atomic E-state index is 11.9. The highest BCUT2D eigenvalue weighted by molar-refractivity contribution is 5.96. The Morgan fingerprint density at radius 3 is 3.00 bits per heavy atom. The number of aldehydes is 1. The minimum atomic E-state index is -0.00231. The lowest BCUT2D eigenvalue weighted by Crippen LogP contribution is -2.29. The fourth-order valence-corrected chi connectivity index (χ4v) is 1.81. The Balaban J connectivity index is 2.39. The average molecular weight is 245 g/mol. The summed E-state index contributed by atoms with van der Waals surface area (Å²) in [6, 6.07) is 3.61. The quantitative estimate of drug-likeness (QED) is 0.763. The van der Waals surface area contributed by atoms with E-state index < -0.39 is 0 Å². The monoisotopic (exact) mass is 245 g/mol. The Labute approximate surface area is 105 Å². The van der Waals surface area contributed by atoms with Gasteiger partial charge in [0.05, 0.1) is 0 Å². The predicted octanol–water partition coefficient (Wildman–Crippen LogP) is 1.33. The van der Waals surface area contributed by atoms with Crippen LogP contribution in [0.5, 0.6) is 0 Å². The zero-order valence-electron chi connectivity index (χ0n) is 10.5. The molecule has 0 aliphatic heterocycles. The number of amides is 1. The van der Waals surface area contributed by atoms with Gasteiger partial charge in [-0.1, -0.05) is 0 Å². The summed E-state index contributed by atoms with van der Waals surface area (Å²) in [5.74, 6) is -0.00231. The number of pyridine rings is 1. The molecule has 0 bridgehead atoms. The lowest BCUT2D eigenvalue weighted by atomic mass is 10.2. The number of carbonyl (C=O) groups excluding carboxylic acids is 2. The fraction of sp³-hybridized carbons (Fsp3) is 0.308. The maximum Gasteiger partial charge on any atom is 0.242 e. The van der Waals surface area contributed by atoms with E-state index in [1.165, 1.54) is 0 Å². The summed E-state index contributed by atoms with van der Waals surface area (Å²) in [7, 11) is 1.75. The summed E-state index contributed by atoms with van der Waals surface area (Å²) < 4.78 is 1.72. The van der Waals surface area contributed by atoms with E-state index in [1.807, 2.05) is 13.0 Å². The molecule has 0 fully saturated rings. The van der Waals surface area contributed by atoms with Gasteiger partial charge in [-0.25, -0.2) is 4.98 Å². The van der Waals surface area contributed by atoms with Gasteiger partial charge in [-0.2, -0.15) is 0 Å². The molecule has 0 unspecified atom stereocenters. The van der Waals surface area contributed by atoms with Gasteiger partial charge < -0.3 is 9.47 Å². The maximum absolute atomic E-state index is 11.9. The molecule has 2 aromatic heterocycles. The molecule has 5 nitrogen and oxygen atoms in total. The Morgan fingerprint density at radius 2 is 2.33 bits per heavy atom. The van der Waals surface area contributed by atoms with Crippen LogP contribution in [0.4, 0.5) is 0 Å². The van der Waals surface area contributed by atoms with Crippen LogP contribution in [-0.2, 0) is 11.3 Å². The molecule has 94 valence electrons. The summed E-state index contributed by atoms with van der Waals surface area (Å²) in [6.45, 7) is 2.78. The number of rotatable bonds is 4. The first kappa shape index (κ1) is 12.3. The summed E-state index contributed by atoms with van der Waals surface area (Å²) in [5, 5.41) is 0.777. The van der Waals surface area contributed by atoms with Gasteiger partial charge in [0.25, 0.3) is 0 Å². The van der Waals surface area contributed by atoms with E-state index in [0.29, 0.717) is 17.8 Å². The minimum absolute atomic E-state index is 0.00231. The Bertz CT molecular complexity index is 589. The predicted molar refractivity (Wildman–Crippen MR) is 68.4 cm³/mol. The third-order valence-electron chi connectivity index (χ3n) is 3.00. The van der Waals surface area contributed by atoms with Crippen molar-refractivity contribution in [3.05, 3.63) is 30.1 Å². The summed E-state index contributed by atoms with van der Waals surface area (Å²) in [4.78, 5) is 28.7. The molecular formula is C13H15N3O2. The van der Waals surface area contributed by atoms with Crippen molar-refractivity contribution in [3.63, 3.8) is 0 Å². The van der Waals surface area contributed by atoms with Crippen LogP contribution in [0.15, 0.2) is 24.5 Å². The summed E-state index contributed by atoms with van der Waals surface area (Å²) in [6.07, 6.45) is 4.11. The molecule has 18 heavy (non-hydrogen) atoms. The zero-order chi connectivity index (χ0) is 13.1. The second kappa shape index (κ2) is 5.00. The SMILES string of the molecule is CCN(C)C(=O)Cn1cc(C=O)c2cccnc21. The largest absolute Gasteiger partial charge is 0.344 e. The van der Waals surface area contributed by atoms with Crippen LogP contribution in [0.3, 0.4) is 0 Å². The standard InChI is InChI=1S/C13H15N3O2/c1-3-15(2)12(18)8-16-7-10(9-17)11-5-4-6-14-13(11)16/h4-7,9H,3,8H2,1-2H3. The van der Waals surface area contributed by atoms with Crippen molar-refractivity contribution in [3.8, 4) is 0 Å². The molecule has 0 radical (unpaired) electrons. The Kier molecular flexibility index (Phi) is 3.41. The van der Waals surface area contributed by atoms with Gasteiger partial charge in [-0.3, -0.25) is 9.59 Å². The number of aromatic nitrogens is 2. The highest BCUT2D eigenvalue weighted by atomic mass is 16.2. The molecule has 0 aliphatic rings. The first-order valence-electron chi connectivity index (χ1n) is 5.80. The van der Waals surface area contributed by atoms with Crippen LogP contribution in [0.25, 0.3) is 11.0 Å². The van der Waals surface area contributed by atoms with E-state index >= 15 is 0 Å². The van der Waals surface area contributed by atoms with Crippen molar-refractivity contribution in [1.82, 2.24) is 14.5 Å². The highest BCUT2D eigenvalue weighted by Crippen LogP contribution is 2.17. The molecule has 0 N–H and O–H groups in total. The minimum Gasteiger partial charge on any atom is -0.344 e. The normalized spacial score (nSPS) is 10.6. The highest BCUT2D eigenvalue weighted by Gasteiger charge is 2.13. The van der Waals surface area contributed by atoms with Crippen molar-refractivity contribution in [2.45, 2.75) is 13.5 Å². The molecule has 0 aromatic carbocycles. The van der Waals surface area contributed by atoms with Crippen LogP contribution < -0.4 is 0 Å². The van der Waals surface area contributed by atoms with Gasteiger partial charge in [0.2, 0.25) is 5.91 Å². The first-order valence-corrected chi connectivity index (χ1v) is 5.80. The van der Waals surface area contributed by atoms with E-state index in [4.69, 9.17) is 0 Å². The fourth-order valence-electron chi connectivity index (χ4n) is 1.81. The van der Waals surface area contributed by atoms with Crippen molar-refractivity contribution < 1.29 is 9.59 Å². The molecule has 0 aliphatic carbocycles. The van der Waals surface area contributed by atoms with E-state index in [2.05, 4.69) is 4.98 Å². The van der Waals surface area contributed by atoms with E-state index in [1.54, 1.807) is 35.0 Å². The molecule has 0 saturated heterocycles. The molecule has 0 spiro atoms. The lowest BCUT2D eigenvalue weighted by molar-refractivity contribution is -0.130. The molecule has 2 aromatic rings. The Hall–Kier alpha value is -2.17. The second-order valence-electron chi connectivity index (χ2n) is 4.11. The molecule has 1 amide bonds. The average Bonchev–Trinajstić information content (AvgIpc) is 2.76. The second-order valence-corrected chi connectivity index (χ2v) is 4.11. The Morgan fingerprint density at radius 1 is 1.56 bits per heavy atom. The molecule has 0 saturated carbocycles. The third-order valence-corrected chi connectivity index (χ3v) is 3.00. The summed E-state index contributed by atoms with van der Waals surface area (Å²) in [5.41, 5.74) is 1.22. The molecular weight excluding hydrogens is 230 g/mol. The number of carbonyl (C=O) groups is 2. The van der Waals surface area contributed by atoms with Gasteiger partial charge >= 0.3 is 0 Å². The van der Waals surface area contributed by atoms with E-state index in [9.17, 15) is 9.59 Å². The van der Waals surface area contributed by atoms with Crippen LogP contribution in [-0.4, -0.2) is 40.2 Å². The van der Waals surface area contributed by atoms with Crippen molar-refractivity contribution in [2.24, 2.45) is 0 Å². The zero-order valence-corrected chi connectivity index (χ0v) is 10.5.